The highest BCUT2D eigenvalue weighted by atomic mass is 16.5. The van der Waals surface area contributed by atoms with Gasteiger partial charge in [-0.25, -0.2) is 0 Å². The van der Waals surface area contributed by atoms with E-state index in [9.17, 15) is 4.79 Å². The van der Waals surface area contributed by atoms with Gasteiger partial charge >= 0.3 is 0 Å². The van der Waals surface area contributed by atoms with E-state index in [0.29, 0.717) is 13.2 Å². The molecule has 0 radical (unpaired) electrons. The predicted octanol–water partition coefficient (Wildman–Crippen LogP) is 1.41. The van der Waals surface area contributed by atoms with Crippen molar-refractivity contribution in [1.82, 2.24) is 0 Å². The van der Waals surface area contributed by atoms with Gasteiger partial charge in [-0.3, -0.25) is 4.79 Å². The average Bonchev–Trinajstić information content (AvgIpc) is 2.18. The summed E-state index contributed by atoms with van der Waals surface area (Å²) in [7, 11) is 0. The fourth-order valence-corrected chi connectivity index (χ4v) is 1.63. The molecule has 1 aliphatic rings. The number of ether oxygens (including phenoxy) is 2. The van der Waals surface area contributed by atoms with Gasteiger partial charge in [0.25, 0.3) is 0 Å². The molecule has 3 nitrogen and oxygen atoms in total. The van der Waals surface area contributed by atoms with Crippen molar-refractivity contribution >= 4 is 5.78 Å². The second-order valence-electron chi connectivity index (χ2n) is 3.41. The Balaban J connectivity index is 2.36. The second kappa shape index (κ2) is 5.35. The minimum atomic E-state index is -0.267. The molecule has 13 heavy (non-hydrogen) atoms. The zero-order chi connectivity index (χ0) is 9.68. The van der Waals surface area contributed by atoms with Crippen molar-refractivity contribution in [3.8, 4) is 0 Å². The lowest BCUT2D eigenvalue weighted by Gasteiger charge is -2.23. The SMILES string of the molecule is CCOC(C)C(=O)C1CCCOC1. The van der Waals surface area contributed by atoms with E-state index in [4.69, 9.17) is 9.47 Å². The Hall–Kier alpha value is -0.410. The first kappa shape index (κ1) is 10.7. The quantitative estimate of drug-likeness (QED) is 0.666. The van der Waals surface area contributed by atoms with E-state index in [1.807, 2.05) is 13.8 Å². The molecule has 3 heteroatoms. The number of carbonyl (C=O) groups excluding carboxylic acids is 1. The van der Waals surface area contributed by atoms with Crippen LogP contribution in [0.1, 0.15) is 26.7 Å². The van der Waals surface area contributed by atoms with Crippen LogP contribution in [0.3, 0.4) is 0 Å². The number of hydrogen-bond acceptors (Lipinski definition) is 3. The molecule has 1 rings (SSSR count). The molecule has 1 fully saturated rings. The molecule has 1 heterocycles. The van der Waals surface area contributed by atoms with E-state index >= 15 is 0 Å². The van der Waals surface area contributed by atoms with Gasteiger partial charge in [-0.2, -0.15) is 0 Å². The maximum Gasteiger partial charge on any atom is 0.166 e. The van der Waals surface area contributed by atoms with Crippen molar-refractivity contribution < 1.29 is 14.3 Å². The number of Topliss-reactive ketones (excluding diaryl/α,β-unsaturated/α-hetero) is 1. The third kappa shape index (κ3) is 3.08. The van der Waals surface area contributed by atoms with Crippen LogP contribution in [0.5, 0.6) is 0 Å². The van der Waals surface area contributed by atoms with Gasteiger partial charge in [0.1, 0.15) is 6.10 Å². The number of rotatable bonds is 4. The molecule has 2 atom stereocenters. The smallest absolute Gasteiger partial charge is 0.166 e. The van der Waals surface area contributed by atoms with Crippen LogP contribution in [-0.4, -0.2) is 31.7 Å². The molecule has 76 valence electrons. The minimum absolute atomic E-state index is 0.0651. The van der Waals surface area contributed by atoms with Crippen LogP contribution in [-0.2, 0) is 14.3 Å². The van der Waals surface area contributed by atoms with Gasteiger partial charge in [-0.05, 0) is 26.7 Å². The van der Waals surface area contributed by atoms with Crippen LogP contribution in [0.25, 0.3) is 0 Å². The maximum atomic E-state index is 11.7. The van der Waals surface area contributed by atoms with Crippen LogP contribution in [0.15, 0.2) is 0 Å². The summed E-state index contributed by atoms with van der Waals surface area (Å²) in [5, 5.41) is 0. The summed E-state index contributed by atoms with van der Waals surface area (Å²) in [5.41, 5.74) is 0. The van der Waals surface area contributed by atoms with E-state index in [0.717, 1.165) is 19.4 Å². The number of hydrogen-bond donors (Lipinski definition) is 0. The lowest BCUT2D eigenvalue weighted by molar-refractivity contribution is -0.137. The fraction of sp³-hybridized carbons (Fsp3) is 0.900. The van der Waals surface area contributed by atoms with E-state index in [1.54, 1.807) is 0 Å². The molecular weight excluding hydrogens is 168 g/mol. The van der Waals surface area contributed by atoms with E-state index in [-0.39, 0.29) is 17.8 Å². The Labute approximate surface area is 79.4 Å². The third-order valence-corrected chi connectivity index (χ3v) is 2.38. The Morgan fingerprint density at radius 2 is 2.46 bits per heavy atom. The molecule has 0 aliphatic carbocycles. The lowest BCUT2D eigenvalue weighted by Crippen LogP contribution is -2.33. The van der Waals surface area contributed by atoms with Crippen LogP contribution < -0.4 is 0 Å². The molecule has 0 saturated carbocycles. The first-order chi connectivity index (χ1) is 6.25. The van der Waals surface area contributed by atoms with E-state index in [1.165, 1.54) is 0 Å². The van der Waals surface area contributed by atoms with Crippen LogP contribution >= 0.6 is 0 Å². The highest BCUT2D eigenvalue weighted by Crippen LogP contribution is 2.16. The largest absolute Gasteiger partial charge is 0.381 e. The molecule has 0 aromatic heterocycles. The monoisotopic (exact) mass is 186 g/mol. The zero-order valence-corrected chi connectivity index (χ0v) is 8.41. The minimum Gasteiger partial charge on any atom is -0.381 e. The van der Waals surface area contributed by atoms with Crippen molar-refractivity contribution in [3.05, 3.63) is 0 Å². The first-order valence-corrected chi connectivity index (χ1v) is 4.98. The molecule has 1 aliphatic heterocycles. The Morgan fingerprint density at radius 1 is 1.69 bits per heavy atom. The summed E-state index contributed by atoms with van der Waals surface area (Å²) in [6.45, 7) is 5.70. The third-order valence-electron chi connectivity index (χ3n) is 2.38. The second-order valence-corrected chi connectivity index (χ2v) is 3.41. The summed E-state index contributed by atoms with van der Waals surface area (Å²) in [6.07, 6.45) is 1.68. The molecular formula is C10H18O3. The highest BCUT2D eigenvalue weighted by molar-refractivity contribution is 5.85. The normalized spacial score (nSPS) is 25.5. The Bertz CT molecular complexity index is 162. The Kier molecular flexibility index (Phi) is 4.39. The van der Waals surface area contributed by atoms with Crippen LogP contribution in [0.4, 0.5) is 0 Å². The molecule has 0 aromatic rings. The van der Waals surface area contributed by atoms with Crippen molar-refractivity contribution in [2.75, 3.05) is 19.8 Å². The molecule has 0 amide bonds. The predicted molar refractivity (Wildman–Crippen MR) is 49.6 cm³/mol. The Morgan fingerprint density at radius 3 is 3.00 bits per heavy atom. The molecule has 0 aromatic carbocycles. The molecule has 0 bridgehead atoms. The van der Waals surface area contributed by atoms with Crippen molar-refractivity contribution in [3.63, 3.8) is 0 Å². The number of ketones is 1. The van der Waals surface area contributed by atoms with Crippen molar-refractivity contribution in [1.29, 1.82) is 0 Å². The van der Waals surface area contributed by atoms with E-state index in [2.05, 4.69) is 0 Å². The first-order valence-electron chi connectivity index (χ1n) is 4.98. The van der Waals surface area contributed by atoms with Crippen molar-refractivity contribution in [2.24, 2.45) is 5.92 Å². The topological polar surface area (TPSA) is 35.5 Å². The highest BCUT2D eigenvalue weighted by Gasteiger charge is 2.26. The van der Waals surface area contributed by atoms with Crippen molar-refractivity contribution in [2.45, 2.75) is 32.8 Å². The molecule has 0 N–H and O–H groups in total. The molecule has 0 spiro atoms. The maximum absolute atomic E-state index is 11.7. The van der Waals surface area contributed by atoms with Gasteiger partial charge in [0.15, 0.2) is 5.78 Å². The van der Waals surface area contributed by atoms with E-state index < -0.39 is 0 Å². The standard InChI is InChI=1S/C10H18O3/c1-3-13-8(2)10(11)9-5-4-6-12-7-9/h8-9H,3-7H2,1-2H3. The summed E-state index contributed by atoms with van der Waals surface area (Å²) >= 11 is 0. The fourth-order valence-electron chi connectivity index (χ4n) is 1.63. The van der Waals surface area contributed by atoms with Gasteiger partial charge in [0, 0.05) is 19.1 Å². The van der Waals surface area contributed by atoms with Gasteiger partial charge in [-0.1, -0.05) is 0 Å². The number of carbonyl (C=O) groups is 1. The summed E-state index contributed by atoms with van der Waals surface area (Å²) < 4.78 is 10.5. The lowest BCUT2D eigenvalue weighted by atomic mass is 9.94. The summed E-state index contributed by atoms with van der Waals surface area (Å²) in [5.74, 6) is 0.261. The molecule has 1 saturated heterocycles. The average molecular weight is 186 g/mol. The van der Waals surface area contributed by atoms with Gasteiger partial charge in [-0.15, -0.1) is 0 Å². The zero-order valence-electron chi connectivity index (χ0n) is 8.41. The van der Waals surface area contributed by atoms with Gasteiger partial charge in [0.2, 0.25) is 0 Å². The summed E-state index contributed by atoms with van der Waals surface area (Å²) in [4.78, 5) is 11.7. The molecule has 2 unspecified atom stereocenters. The van der Waals surface area contributed by atoms with Crippen LogP contribution in [0.2, 0.25) is 0 Å². The summed E-state index contributed by atoms with van der Waals surface area (Å²) in [6, 6.07) is 0. The van der Waals surface area contributed by atoms with Crippen LogP contribution in [0, 0.1) is 5.92 Å². The van der Waals surface area contributed by atoms with Gasteiger partial charge in [0.05, 0.1) is 6.61 Å². The van der Waals surface area contributed by atoms with Gasteiger partial charge < -0.3 is 9.47 Å².